The van der Waals surface area contributed by atoms with E-state index in [4.69, 9.17) is 14.2 Å². The average Bonchev–Trinajstić information content (AvgIpc) is 3.65. The van der Waals surface area contributed by atoms with Crippen LogP contribution in [-0.4, -0.2) is 91.0 Å². The predicted octanol–water partition coefficient (Wildman–Crippen LogP) is 4.92. The molecule has 6 bridgehead atoms. The van der Waals surface area contributed by atoms with Crippen LogP contribution in [0.5, 0.6) is 17.5 Å². The molecule has 15 heteroatoms. The number of carbonyl (C=O) groups is 1. The van der Waals surface area contributed by atoms with Gasteiger partial charge in [-0.2, -0.15) is 28.1 Å². The van der Waals surface area contributed by atoms with Crippen molar-refractivity contribution in [1.29, 1.82) is 0 Å². The Balaban J connectivity index is 1.21. The number of hydrogen-bond donors (Lipinski definition) is 4. The molecule has 49 heavy (non-hydrogen) atoms. The van der Waals surface area contributed by atoms with Crippen LogP contribution in [0.2, 0.25) is 0 Å². The number of nitrogens with zero attached hydrogens (tertiary/aromatic N) is 4. The Bertz CT molecular complexity index is 1550. The number of benzene rings is 2. The Kier molecular flexibility index (Phi) is 11.2. The molecule has 0 atom stereocenters. The van der Waals surface area contributed by atoms with Gasteiger partial charge in [-0.3, -0.25) is 4.79 Å². The number of likely N-dealkylation sites (tertiary alicyclic amines) is 1. The maximum Gasteiger partial charge on any atom is 0.422 e. The number of fused-ring (bicyclic) bond motifs is 11. The van der Waals surface area contributed by atoms with Crippen molar-refractivity contribution in [3.05, 3.63) is 53.6 Å². The zero-order valence-electron chi connectivity index (χ0n) is 27.4. The monoisotopic (exact) mass is 684 g/mol. The molecule has 0 radical (unpaired) electrons. The highest BCUT2D eigenvalue weighted by Gasteiger charge is 2.44. The van der Waals surface area contributed by atoms with Gasteiger partial charge in [0.25, 0.3) is 5.91 Å². The Morgan fingerprint density at radius 1 is 0.939 bits per heavy atom. The van der Waals surface area contributed by atoms with Crippen LogP contribution in [0.3, 0.4) is 0 Å². The van der Waals surface area contributed by atoms with E-state index in [0.29, 0.717) is 49.7 Å². The van der Waals surface area contributed by atoms with E-state index in [-0.39, 0.29) is 29.8 Å². The molecule has 1 saturated carbocycles. The summed E-state index contributed by atoms with van der Waals surface area (Å²) in [5, 5.41) is 12.6. The first-order chi connectivity index (χ1) is 23.7. The molecule has 2 aromatic carbocycles. The normalized spacial score (nSPS) is 18.4. The lowest BCUT2D eigenvalue weighted by Gasteiger charge is -2.23. The van der Waals surface area contributed by atoms with Gasteiger partial charge < -0.3 is 40.4 Å². The third-order valence-electron chi connectivity index (χ3n) is 8.70. The minimum absolute atomic E-state index is 0.0139. The van der Waals surface area contributed by atoms with Crippen LogP contribution in [0, 0.1) is 5.41 Å². The molecule has 264 valence electrons. The van der Waals surface area contributed by atoms with Crippen LogP contribution < -0.4 is 35.5 Å². The molecule has 7 rings (SSSR count). The number of halogens is 3. The summed E-state index contributed by atoms with van der Waals surface area (Å²) in [6.45, 7) is 4.97. The Morgan fingerprint density at radius 3 is 2.41 bits per heavy atom. The van der Waals surface area contributed by atoms with Gasteiger partial charge >= 0.3 is 12.2 Å². The summed E-state index contributed by atoms with van der Waals surface area (Å²) in [6, 6.07) is 12.0. The first-order valence-electron chi connectivity index (χ1n) is 16.9. The molecule has 4 aliphatic rings. The van der Waals surface area contributed by atoms with Crippen LogP contribution in [0.25, 0.3) is 0 Å². The second kappa shape index (κ2) is 15.9. The molecule has 1 amide bonds. The number of nitrogens with one attached hydrogen (secondary N) is 4. The van der Waals surface area contributed by atoms with Gasteiger partial charge in [-0.1, -0.05) is 12.1 Å². The topological polar surface area (TPSA) is 135 Å². The second-order valence-corrected chi connectivity index (χ2v) is 12.8. The van der Waals surface area contributed by atoms with E-state index in [1.807, 2.05) is 24.3 Å². The minimum Gasteiger partial charge on any atom is -0.494 e. The standard InChI is InChI=1S/C34H43F3N8O4/c35-34(36,37)23-49-32-43-30-39-20-24-5-8-26(9-6-24)47-17-3-13-38-14-4-18-48-28-19-25(41-31(42-30)44-32)7-10-27(28)29(46)40-21-33(11-12-33)22-45-15-1-2-16-45/h5-10,19,38H,1-4,11-18,20-23H2,(H,40,46)(H2,39,41,42,43,44). The SMILES string of the molecule is O=C(NCC1(CN2CCCC2)CC1)c1ccc2cc1OCCCNCCCOc1ccc(cc1)CNc1nc(nc(OCC(F)(F)F)n1)N2. The van der Waals surface area contributed by atoms with Gasteiger partial charge in [0.15, 0.2) is 6.61 Å². The Labute approximate surface area is 283 Å². The first kappa shape index (κ1) is 34.5. The third-order valence-corrected chi connectivity index (χ3v) is 8.70. The lowest BCUT2D eigenvalue weighted by Crippen LogP contribution is -2.37. The molecule has 1 aliphatic carbocycles. The number of carbonyl (C=O) groups excluding carboxylic acids is 1. The Hall–Kier alpha value is -4.37. The summed E-state index contributed by atoms with van der Waals surface area (Å²) < 4.78 is 55.8. The fourth-order valence-electron chi connectivity index (χ4n) is 5.86. The maximum absolute atomic E-state index is 13.5. The number of aromatic nitrogens is 3. The highest BCUT2D eigenvalue weighted by atomic mass is 19.4. The zero-order valence-corrected chi connectivity index (χ0v) is 27.4. The maximum atomic E-state index is 13.5. The number of amides is 1. The van der Waals surface area contributed by atoms with Crippen LogP contribution in [-0.2, 0) is 6.54 Å². The number of hydrogen-bond acceptors (Lipinski definition) is 11. The summed E-state index contributed by atoms with van der Waals surface area (Å²) in [5.74, 6) is 0.835. The van der Waals surface area contributed by atoms with Crippen molar-refractivity contribution in [2.45, 2.75) is 51.2 Å². The number of rotatable bonds is 7. The molecule has 4 heterocycles. The van der Waals surface area contributed by atoms with Crippen molar-refractivity contribution in [2.24, 2.45) is 5.41 Å². The van der Waals surface area contributed by atoms with E-state index in [1.165, 1.54) is 12.8 Å². The van der Waals surface area contributed by atoms with E-state index in [2.05, 4.69) is 41.1 Å². The summed E-state index contributed by atoms with van der Waals surface area (Å²) in [5.41, 5.74) is 1.86. The van der Waals surface area contributed by atoms with Gasteiger partial charge in [-0.15, -0.1) is 0 Å². The fourth-order valence-corrected chi connectivity index (χ4v) is 5.86. The molecule has 0 spiro atoms. The highest BCUT2D eigenvalue weighted by molar-refractivity contribution is 5.97. The molecular weight excluding hydrogens is 641 g/mol. The summed E-state index contributed by atoms with van der Waals surface area (Å²) >= 11 is 0. The van der Waals surface area contributed by atoms with Crippen molar-refractivity contribution in [1.82, 2.24) is 30.5 Å². The molecule has 2 fully saturated rings. The average molecular weight is 685 g/mol. The van der Waals surface area contributed by atoms with Gasteiger partial charge in [0.2, 0.25) is 11.9 Å². The summed E-state index contributed by atoms with van der Waals surface area (Å²) in [7, 11) is 0. The number of anilines is 3. The van der Waals surface area contributed by atoms with Crippen molar-refractivity contribution in [2.75, 3.05) is 69.7 Å². The fraction of sp³-hybridized carbons (Fsp3) is 0.529. The Morgan fingerprint density at radius 2 is 1.67 bits per heavy atom. The number of alkyl halides is 3. The van der Waals surface area contributed by atoms with Crippen LogP contribution in [0.1, 0.15) is 54.4 Å². The predicted molar refractivity (Wildman–Crippen MR) is 178 cm³/mol. The van der Waals surface area contributed by atoms with Gasteiger partial charge in [0, 0.05) is 36.8 Å². The number of ether oxygens (including phenoxy) is 3. The molecule has 0 unspecified atom stereocenters. The van der Waals surface area contributed by atoms with Crippen molar-refractivity contribution < 1.29 is 32.2 Å². The summed E-state index contributed by atoms with van der Waals surface area (Å²) in [4.78, 5) is 28.4. The third kappa shape index (κ3) is 10.6. The molecule has 1 aromatic heterocycles. The van der Waals surface area contributed by atoms with Crippen molar-refractivity contribution in [3.63, 3.8) is 0 Å². The van der Waals surface area contributed by atoms with E-state index in [0.717, 1.165) is 56.8 Å². The van der Waals surface area contributed by atoms with E-state index >= 15 is 0 Å². The quantitative estimate of drug-likeness (QED) is 0.270. The van der Waals surface area contributed by atoms with Crippen molar-refractivity contribution >= 4 is 23.5 Å². The summed E-state index contributed by atoms with van der Waals surface area (Å²) in [6.07, 6.45) is 1.59. The van der Waals surface area contributed by atoms with Crippen LogP contribution in [0.4, 0.5) is 30.8 Å². The largest absolute Gasteiger partial charge is 0.494 e. The van der Waals surface area contributed by atoms with Gasteiger partial charge in [0.1, 0.15) is 11.5 Å². The van der Waals surface area contributed by atoms with E-state index < -0.39 is 18.8 Å². The molecule has 3 aliphatic heterocycles. The van der Waals surface area contributed by atoms with Gasteiger partial charge in [-0.25, -0.2) is 0 Å². The van der Waals surface area contributed by atoms with Crippen LogP contribution >= 0.6 is 0 Å². The van der Waals surface area contributed by atoms with Gasteiger partial charge in [0.05, 0.1) is 18.8 Å². The molecule has 1 saturated heterocycles. The van der Waals surface area contributed by atoms with Gasteiger partial charge in [-0.05, 0) is 94.5 Å². The minimum atomic E-state index is -4.58. The molecule has 3 aromatic rings. The lowest BCUT2D eigenvalue weighted by molar-refractivity contribution is -0.154. The smallest absolute Gasteiger partial charge is 0.422 e. The molecular formula is C34H43F3N8O4. The van der Waals surface area contributed by atoms with E-state index in [9.17, 15) is 18.0 Å². The zero-order chi connectivity index (χ0) is 34.1. The second-order valence-electron chi connectivity index (χ2n) is 12.8. The van der Waals surface area contributed by atoms with Crippen LogP contribution in [0.15, 0.2) is 42.5 Å². The lowest BCUT2D eigenvalue weighted by atomic mass is 10.1. The highest BCUT2D eigenvalue weighted by Crippen LogP contribution is 2.46. The molecule has 4 N–H and O–H groups in total. The van der Waals surface area contributed by atoms with Crippen molar-refractivity contribution in [3.8, 4) is 17.5 Å². The first-order valence-corrected chi connectivity index (χ1v) is 16.9. The molecule has 12 nitrogen and oxygen atoms in total. The van der Waals surface area contributed by atoms with E-state index in [1.54, 1.807) is 18.2 Å².